The van der Waals surface area contributed by atoms with Gasteiger partial charge in [-0.2, -0.15) is 0 Å². The average Bonchev–Trinajstić information content (AvgIpc) is 3.41. The lowest BCUT2D eigenvalue weighted by molar-refractivity contribution is -0.122. The molecule has 0 unspecified atom stereocenters. The van der Waals surface area contributed by atoms with Crippen LogP contribution in [-0.2, 0) is 4.79 Å². The van der Waals surface area contributed by atoms with E-state index in [0.29, 0.717) is 22.5 Å². The van der Waals surface area contributed by atoms with Gasteiger partial charge in [0.2, 0.25) is 5.95 Å². The fourth-order valence-corrected chi connectivity index (χ4v) is 3.53. The molecule has 3 amide bonds. The number of carbonyl (C=O) groups is 3. The second kappa shape index (κ2) is 9.06. The maximum absolute atomic E-state index is 13.2. The standard InChI is InChI=1S/C23H23N7O4/c1-12-4-7-17(13(2)8-12)30-11-26-19(21(24)32)20(30)22(33)29-23-27-15-6-5-14(9-16(15)28-23)34-10-18(31)25-3/h4-9,11H,10H2,1-3H3,(H2,24,32)(H,25,31)(H2,27,28,29,33). The van der Waals surface area contributed by atoms with Gasteiger partial charge in [-0.3, -0.25) is 24.3 Å². The molecule has 0 radical (unpaired) electrons. The number of H-pyrrole nitrogens is 1. The first-order valence-corrected chi connectivity index (χ1v) is 10.4. The number of nitrogens with two attached hydrogens (primary N) is 1. The van der Waals surface area contributed by atoms with Crippen molar-refractivity contribution in [2.75, 3.05) is 19.0 Å². The zero-order chi connectivity index (χ0) is 24.4. The maximum Gasteiger partial charge on any atom is 0.277 e. The molecule has 0 aliphatic rings. The van der Waals surface area contributed by atoms with Crippen molar-refractivity contribution in [1.82, 2.24) is 24.8 Å². The summed E-state index contributed by atoms with van der Waals surface area (Å²) in [5.74, 6) is -1.09. The summed E-state index contributed by atoms with van der Waals surface area (Å²) in [7, 11) is 1.52. The van der Waals surface area contributed by atoms with Crippen LogP contribution in [0.2, 0.25) is 0 Å². The van der Waals surface area contributed by atoms with Gasteiger partial charge in [0, 0.05) is 13.1 Å². The highest BCUT2D eigenvalue weighted by molar-refractivity contribution is 6.10. The van der Waals surface area contributed by atoms with Crippen LogP contribution in [0.5, 0.6) is 5.75 Å². The van der Waals surface area contributed by atoms with Gasteiger partial charge in [-0.1, -0.05) is 17.7 Å². The molecule has 0 bridgehead atoms. The summed E-state index contributed by atoms with van der Waals surface area (Å²) < 4.78 is 6.95. The second-order valence-electron chi connectivity index (χ2n) is 7.65. The Bertz CT molecular complexity index is 1420. The SMILES string of the molecule is CNC(=O)COc1ccc2[nH]c(NC(=O)c3c(C(N)=O)ncn3-c3ccc(C)cc3C)nc2c1. The van der Waals surface area contributed by atoms with Crippen molar-refractivity contribution >= 4 is 34.7 Å². The third-order valence-electron chi connectivity index (χ3n) is 5.16. The van der Waals surface area contributed by atoms with Crippen molar-refractivity contribution in [2.24, 2.45) is 5.73 Å². The Morgan fingerprint density at radius 3 is 2.65 bits per heavy atom. The molecule has 4 aromatic rings. The highest BCUT2D eigenvalue weighted by Crippen LogP contribution is 2.23. The molecular formula is C23H23N7O4. The number of imidazole rings is 2. The van der Waals surface area contributed by atoms with Gasteiger partial charge < -0.3 is 20.8 Å². The van der Waals surface area contributed by atoms with Crippen molar-refractivity contribution in [2.45, 2.75) is 13.8 Å². The maximum atomic E-state index is 13.2. The summed E-state index contributed by atoms with van der Waals surface area (Å²) >= 11 is 0. The van der Waals surface area contributed by atoms with Crippen LogP contribution in [0.1, 0.15) is 32.1 Å². The van der Waals surface area contributed by atoms with E-state index in [1.54, 1.807) is 18.2 Å². The number of fused-ring (bicyclic) bond motifs is 1. The van der Waals surface area contributed by atoms with Gasteiger partial charge in [-0.25, -0.2) is 9.97 Å². The van der Waals surface area contributed by atoms with Gasteiger partial charge in [0.05, 0.1) is 16.7 Å². The first-order valence-electron chi connectivity index (χ1n) is 10.4. The van der Waals surface area contributed by atoms with E-state index in [9.17, 15) is 14.4 Å². The smallest absolute Gasteiger partial charge is 0.277 e. The number of nitrogens with one attached hydrogen (secondary N) is 3. The van der Waals surface area contributed by atoms with E-state index >= 15 is 0 Å². The van der Waals surface area contributed by atoms with E-state index in [2.05, 4.69) is 25.6 Å². The molecule has 34 heavy (non-hydrogen) atoms. The number of hydrogen-bond acceptors (Lipinski definition) is 6. The number of aromatic amines is 1. The van der Waals surface area contributed by atoms with Gasteiger partial charge in [0.25, 0.3) is 17.7 Å². The predicted octanol–water partition coefficient (Wildman–Crippen LogP) is 1.84. The Balaban J connectivity index is 1.64. The summed E-state index contributed by atoms with van der Waals surface area (Å²) in [6, 6.07) is 10.7. The molecule has 2 heterocycles. The quantitative estimate of drug-likeness (QED) is 0.329. The van der Waals surface area contributed by atoms with Crippen LogP contribution in [0.15, 0.2) is 42.7 Å². The Morgan fingerprint density at radius 2 is 1.94 bits per heavy atom. The minimum Gasteiger partial charge on any atom is -0.484 e. The van der Waals surface area contributed by atoms with Gasteiger partial charge in [-0.05, 0) is 37.6 Å². The lowest BCUT2D eigenvalue weighted by Gasteiger charge is -2.12. The van der Waals surface area contributed by atoms with E-state index in [0.717, 1.165) is 11.1 Å². The van der Waals surface area contributed by atoms with Crippen LogP contribution in [0.3, 0.4) is 0 Å². The number of benzene rings is 2. The molecule has 2 aromatic carbocycles. The van der Waals surface area contributed by atoms with E-state index in [-0.39, 0.29) is 29.9 Å². The summed E-state index contributed by atoms with van der Waals surface area (Å²) in [5, 5.41) is 5.14. The van der Waals surface area contributed by atoms with Crippen LogP contribution < -0.4 is 21.1 Å². The molecular weight excluding hydrogens is 438 g/mol. The van der Waals surface area contributed by atoms with Gasteiger partial charge >= 0.3 is 0 Å². The fraction of sp³-hybridized carbons (Fsp3) is 0.174. The lowest BCUT2D eigenvalue weighted by atomic mass is 10.1. The van der Waals surface area contributed by atoms with E-state index < -0.39 is 11.8 Å². The molecule has 174 valence electrons. The summed E-state index contributed by atoms with van der Waals surface area (Å²) in [4.78, 5) is 48.0. The third kappa shape index (κ3) is 4.44. The van der Waals surface area contributed by atoms with Crippen LogP contribution >= 0.6 is 0 Å². The molecule has 0 saturated heterocycles. The highest BCUT2D eigenvalue weighted by atomic mass is 16.5. The minimum atomic E-state index is -0.823. The predicted molar refractivity (Wildman–Crippen MR) is 125 cm³/mol. The van der Waals surface area contributed by atoms with Crippen molar-refractivity contribution < 1.29 is 19.1 Å². The van der Waals surface area contributed by atoms with Crippen molar-refractivity contribution in [3.8, 4) is 11.4 Å². The number of nitrogens with zero attached hydrogens (tertiary/aromatic N) is 3. The Kier molecular flexibility index (Phi) is 6.00. The molecule has 2 aromatic heterocycles. The highest BCUT2D eigenvalue weighted by Gasteiger charge is 2.24. The molecule has 0 aliphatic heterocycles. The zero-order valence-electron chi connectivity index (χ0n) is 18.8. The number of amides is 3. The van der Waals surface area contributed by atoms with Crippen LogP contribution in [-0.4, -0.2) is 50.9 Å². The average molecular weight is 461 g/mol. The molecule has 0 fully saturated rings. The summed E-state index contributed by atoms with van der Waals surface area (Å²) in [6.07, 6.45) is 1.39. The summed E-state index contributed by atoms with van der Waals surface area (Å²) in [5.41, 5.74) is 9.12. The monoisotopic (exact) mass is 461 g/mol. The van der Waals surface area contributed by atoms with Crippen molar-refractivity contribution in [3.05, 3.63) is 65.2 Å². The number of rotatable bonds is 7. The van der Waals surface area contributed by atoms with Gasteiger partial charge in [0.1, 0.15) is 17.8 Å². The molecule has 5 N–H and O–H groups in total. The largest absolute Gasteiger partial charge is 0.484 e. The van der Waals surface area contributed by atoms with Crippen LogP contribution in [0, 0.1) is 13.8 Å². The van der Waals surface area contributed by atoms with Crippen molar-refractivity contribution in [3.63, 3.8) is 0 Å². The topological polar surface area (TPSA) is 157 Å². The number of aromatic nitrogens is 4. The fourth-order valence-electron chi connectivity index (χ4n) is 3.53. The number of ether oxygens (including phenoxy) is 1. The van der Waals surface area contributed by atoms with E-state index in [1.165, 1.54) is 17.9 Å². The van der Waals surface area contributed by atoms with E-state index in [4.69, 9.17) is 10.5 Å². The number of anilines is 1. The first-order chi connectivity index (χ1) is 16.3. The number of primary amides is 1. The molecule has 11 nitrogen and oxygen atoms in total. The van der Waals surface area contributed by atoms with Crippen LogP contribution in [0.25, 0.3) is 16.7 Å². The molecule has 0 atom stereocenters. The number of aryl methyl sites for hydroxylation is 2. The Morgan fingerprint density at radius 1 is 1.15 bits per heavy atom. The Hall–Kier alpha value is -4.67. The number of hydrogen-bond donors (Lipinski definition) is 4. The zero-order valence-corrected chi connectivity index (χ0v) is 18.8. The summed E-state index contributed by atoms with van der Waals surface area (Å²) in [6.45, 7) is 3.73. The Labute approximate surface area is 194 Å². The lowest BCUT2D eigenvalue weighted by Crippen LogP contribution is -2.24. The van der Waals surface area contributed by atoms with Gasteiger partial charge in [0.15, 0.2) is 12.3 Å². The molecule has 11 heteroatoms. The third-order valence-corrected chi connectivity index (χ3v) is 5.16. The number of carbonyl (C=O) groups excluding carboxylic acids is 3. The van der Waals surface area contributed by atoms with E-state index in [1.807, 2.05) is 32.0 Å². The molecule has 4 rings (SSSR count). The van der Waals surface area contributed by atoms with Crippen molar-refractivity contribution in [1.29, 1.82) is 0 Å². The normalized spacial score (nSPS) is 10.8. The number of likely N-dealkylation sites (N-methyl/N-ethyl adjacent to an activating group) is 1. The molecule has 0 spiro atoms. The van der Waals surface area contributed by atoms with Crippen LogP contribution in [0.4, 0.5) is 5.95 Å². The first kappa shape index (κ1) is 22.5. The second-order valence-corrected chi connectivity index (χ2v) is 7.65. The molecule has 0 aliphatic carbocycles. The van der Waals surface area contributed by atoms with Gasteiger partial charge in [-0.15, -0.1) is 0 Å². The minimum absolute atomic E-state index is 0.00508. The molecule has 0 saturated carbocycles.